The first-order chi connectivity index (χ1) is 10.2. The number of hydrogen-bond donors (Lipinski definition) is 1. The van der Waals surface area contributed by atoms with Gasteiger partial charge >= 0.3 is 0 Å². The van der Waals surface area contributed by atoms with Gasteiger partial charge in [0.25, 0.3) is 0 Å². The van der Waals surface area contributed by atoms with E-state index in [0.717, 1.165) is 13.0 Å². The largest absolute Gasteiger partial charge is 0.381 e. The maximum atomic E-state index is 3.75. The van der Waals surface area contributed by atoms with Gasteiger partial charge in [-0.15, -0.1) is 0 Å². The molecule has 1 aliphatic rings. The van der Waals surface area contributed by atoms with Crippen LogP contribution in [0.15, 0.2) is 54.6 Å². The number of anilines is 1. The Kier molecular flexibility index (Phi) is 4.26. The quantitative estimate of drug-likeness (QED) is 0.917. The molecule has 1 heterocycles. The molecule has 0 bridgehead atoms. The summed E-state index contributed by atoms with van der Waals surface area (Å²) in [7, 11) is 2.21. The van der Waals surface area contributed by atoms with Gasteiger partial charge in [-0.05, 0) is 44.0 Å². The van der Waals surface area contributed by atoms with E-state index in [1.807, 2.05) is 0 Å². The van der Waals surface area contributed by atoms with Gasteiger partial charge in [-0.2, -0.15) is 0 Å². The fraction of sp³-hybridized carbons (Fsp3) is 0.368. The molecule has 110 valence electrons. The summed E-state index contributed by atoms with van der Waals surface area (Å²) >= 11 is 0. The fourth-order valence-electron chi connectivity index (χ4n) is 3.15. The van der Waals surface area contributed by atoms with Crippen molar-refractivity contribution in [2.24, 2.45) is 0 Å². The summed E-state index contributed by atoms with van der Waals surface area (Å²) < 4.78 is 0. The molecule has 0 spiro atoms. The van der Waals surface area contributed by atoms with Crippen LogP contribution in [0.1, 0.15) is 24.5 Å². The molecule has 2 unspecified atom stereocenters. The highest BCUT2D eigenvalue weighted by Gasteiger charge is 2.26. The Morgan fingerprint density at radius 3 is 2.48 bits per heavy atom. The molecular weight excluding hydrogens is 256 g/mol. The Bertz CT molecular complexity index is 569. The number of para-hydroxylation sites is 1. The van der Waals surface area contributed by atoms with E-state index in [0.29, 0.717) is 12.1 Å². The van der Waals surface area contributed by atoms with Crippen LogP contribution in [0, 0.1) is 0 Å². The molecule has 2 atom stereocenters. The number of benzene rings is 2. The van der Waals surface area contributed by atoms with E-state index in [9.17, 15) is 0 Å². The zero-order valence-corrected chi connectivity index (χ0v) is 12.9. The van der Waals surface area contributed by atoms with E-state index >= 15 is 0 Å². The van der Waals surface area contributed by atoms with Gasteiger partial charge in [0, 0.05) is 24.3 Å². The van der Waals surface area contributed by atoms with Crippen LogP contribution in [0.3, 0.4) is 0 Å². The summed E-state index contributed by atoms with van der Waals surface area (Å²) in [4.78, 5) is 2.43. The van der Waals surface area contributed by atoms with E-state index in [-0.39, 0.29) is 0 Å². The second-order valence-corrected chi connectivity index (χ2v) is 6.19. The third kappa shape index (κ3) is 3.45. The van der Waals surface area contributed by atoms with Crippen LogP contribution in [0.5, 0.6) is 0 Å². The molecule has 1 N–H and O–H groups in total. The minimum Gasteiger partial charge on any atom is -0.381 e. The Morgan fingerprint density at radius 1 is 1.05 bits per heavy atom. The molecule has 1 saturated heterocycles. The van der Waals surface area contributed by atoms with Crippen LogP contribution in [0.4, 0.5) is 5.69 Å². The number of nitrogens with one attached hydrogen (secondary N) is 1. The average molecular weight is 280 g/mol. The van der Waals surface area contributed by atoms with Crippen LogP contribution >= 0.6 is 0 Å². The fourth-order valence-corrected chi connectivity index (χ4v) is 3.15. The summed E-state index contributed by atoms with van der Waals surface area (Å²) in [5.41, 5.74) is 4.03. The normalized spacial score (nSPS) is 22.4. The van der Waals surface area contributed by atoms with Gasteiger partial charge < -0.3 is 10.2 Å². The van der Waals surface area contributed by atoms with Crippen molar-refractivity contribution in [3.05, 3.63) is 65.7 Å². The molecule has 1 fully saturated rings. The molecule has 0 amide bonds. The summed E-state index contributed by atoms with van der Waals surface area (Å²) in [6, 6.07) is 20.6. The molecular formula is C19H24N2. The predicted molar refractivity (Wildman–Crippen MR) is 89.8 cm³/mol. The van der Waals surface area contributed by atoms with Gasteiger partial charge in [0.1, 0.15) is 0 Å². The smallest absolute Gasteiger partial charge is 0.0403 e. The van der Waals surface area contributed by atoms with Crippen molar-refractivity contribution in [1.82, 2.24) is 4.90 Å². The van der Waals surface area contributed by atoms with Crippen molar-refractivity contribution in [1.29, 1.82) is 0 Å². The molecule has 2 nitrogen and oxygen atoms in total. The Balaban J connectivity index is 1.74. The number of rotatable bonds is 4. The number of nitrogens with zero attached hydrogens (tertiary/aromatic N) is 1. The Hall–Kier alpha value is -1.80. The standard InChI is InChI=1S/C19H24N2/c1-15-12-18(14-21(15)2)20-19-11-7-6-10-17(19)13-16-8-4-3-5-9-16/h3-11,15,18,20H,12-14H2,1-2H3. The van der Waals surface area contributed by atoms with Crippen LogP contribution in [-0.2, 0) is 6.42 Å². The first-order valence-electron chi connectivity index (χ1n) is 7.81. The topological polar surface area (TPSA) is 15.3 Å². The van der Waals surface area contributed by atoms with Gasteiger partial charge in [-0.25, -0.2) is 0 Å². The highest BCUT2D eigenvalue weighted by Crippen LogP contribution is 2.24. The van der Waals surface area contributed by atoms with E-state index in [4.69, 9.17) is 0 Å². The first-order valence-corrected chi connectivity index (χ1v) is 7.81. The zero-order valence-electron chi connectivity index (χ0n) is 12.9. The Labute approximate surface area is 127 Å². The van der Waals surface area contributed by atoms with E-state index < -0.39 is 0 Å². The lowest BCUT2D eigenvalue weighted by molar-refractivity contribution is 0.330. The van der Waals surface area contributed by atoms with Gasteiger partial charge in [0.05, 0.1) is 0 Å². The monoisotopic (exact) mass is 280 g/mol. The lowest BCUT2D eigenvalue weighted by Crippen LogP contribution is -2.25. The summed E-state index contributed by atoms with van der Waals surface area (Å²) in [6.07, 6.45) is 2.21. The molecule has 2 heteroatoms. The van der Waals surface area contributed by atoms with Crippen LogP contribution in [0.2, 0.25) is 0 Å². The average Bonchev–Trinajstić information content (AvgIpc) is 2.80. The van der Waals surface area contributed by atoms with Gasteiger partial charge in [-0.1, -0.05) is 48.5 Å². The minimum atomic E-state index is 0.557. The SMILES string of the molecule is CC1CC(Nc2ccccc2Cc2ccccc2)CN1C. The summed E-state index contributed by atoms with van der Waals surface area (Å²) in [5, 5.41) is 3.75. The minimum absolute atomic E-state index is 0.557. The summed E-state index contributed by atoms with van der Waals surface area (Å²) in [5.74, 6) is 0. The molecule has 1 aliphatic heterocycles. The van der Waals surface area contributed by atoms with Gasteiger partial charge in [-0.3, -0.25) is 0 Å². The predicted octanol–water partition coefficient (Wildman–Crippen LogP) is 3.78. The third-order valence-electron chi connectivity index (χ3n) is 4.50. The lowest BCUT2D eigenvalue weighted by atomic mass is 10.0. The molecule has 0 saturated carbocycles. The Morgan fingerprint density at radius 2 is 1.76 bits per heavy atom. The van der Waals surface area contributed by atoms with Crippen LogP contribution in [-0.4, -0.2) is 30.6 Å². The molecule has 3 rings (SSSR count). The van der Waals surface area contributed by atoms with E-state index in [2.05, 4.69) is 78.8 Å². The molecule has 2 aromatic rings. The van der Waals surface area contributed by atoms with Crippen molar-refractivity contribution in [2.45, 2.75) is 31.8 Å². The number of likely N-dealkylation sites (N-methyl/N-ethyl adjacent to an activating group) is 1. The van der Waals surface area contributed by atoms with Crippen LogP contribution in [0.25, 0.3) is 0 Å². The second kappa shape index (κ2) is 6.31. The van der Waals surface area contributed by atoms with Crippen LogP contribution < -0.4 is 5.32 Å². The molecule has 2 aromatic carbocycles. The lowest BCUT2D eigenvalue weighted by Gasteiger charge is -2.17. The molecule has 0 aliphatic carbocycles. The molecule has 0 radical (unpaired) electrons. The highest BCUT2D eigenvalue weighted by atomic mass is 15.2. The van der Waals surface area contributed by atoms with E-state index in [1.54, 1.807) is 0 Å². The van der Waals surface area contributed by atoms with Crippen molar-refractivity contribution in [2.75, 3.05) is 18.9 Å². The summed E-state index contributed by atoms with van der Waals surface area (Å²) in [6.45, 7) is 3.43. The number of hydrogen-bond acceptors (Lipinski definition) is 2. The third-order valence-corrected chi connectivity index (χ3v) is 4.50. The maximum Gasteiger partial charge on any atom is 0.0403 e. The van der Waals surface area contributed by atoms with Gasteiger partial charge in [0.2, 0.25) is 0 Å². The number of likely N-dealkylation sites (tertiary alicyclic amines) is 1. The van der Waals surface area contributed by atoms with E-state index in [1.165, 1.54) is 23.2 Å². The van der Waals surface area contributed by atoms with Gasteiger partial charge in [0.15, 0.2) is 0 Å². The van der Waals surface area contributed by atoms with Crippen molar-refractivity contribution >= 4 is 5.69 Å². The first kappa shape index (κ1) is 14.2. The maximum absolute atomic E-state index is 3.75. The van der Waals surface area contributed by atoms with Crippen molar-refractivity contribution in [3.63, 3.8) is 0 Å². The molecule has 0 aromatic heterocycles. The van der Waals surface area contributed by atoms with Crippen molar-refractivity contribution < 1.29 is 0 Å². The second-order valence-electron chi connectivity index (χ2n) is 6.19. The van der Waals surface area contributed by atoms with Crippen molar-refractivity contribution in [3.8, 4) is 0 Å². The zero-order chi connectivity index (χ0) is 14.7. The molecule has 21 heavy (non-hydrogen) atoms. The highest BCUT2D eigenvalue weighted by molar-refractivity contribution is 5.53.